The van der Waals surface area contributed by atoms with Gasteiger partial charge < -0.3 is 0 Å². The third kappa shape index (κ3) is 5.72. The molecule has 44 heavy (non-hydrogen) atoms. The van der Waals surface area contributed by atoms with E-state index in [1.165, 1.54) is 52.5 Å². The van der Waals surface area contributed by atoms with Gasteiger partial charge in [0.1, 0.15) is 12.0 Å². The van der Waals surface area contributed by atoms with Crippen molar-refractivity contribution >= 4 is 11.6 Å². The number of hydrogen-bond acceptors (Lipinski definition) is 8. The van der Waals surface area contributed by atoms with E-state index in [9.17, 15) is 22.0 Å². The van der Waals surface area contributed by atoms with Gasteiger partial charge in [-0.15, -0.1) is 10.2 Å². The molecule has 6 rings (SSSR count). The molecule has 224 valence electrons. The van der Waals surface area contributed by atoms with Crippen molar-refractivity contribution in [2.75, 3.05) is 0 Å². The van der Waals surface area contributed by atoms with Gasteiger partial charge in [0.25, 0.3) is 0 Å². The maximum atomic E-state index is 15.3. The lowest BCUT2D eigenvalue weighted by molar-refractivity contribution is -0.141. The number of tetrazole rings is 1. The predicted octanol–water partition coefficient (Wildman–Crippen LogP) is 5.61. The highest BCUT2D eigenvalue weighted by atomic mass is 35.5. The first kappa shape index (κ1) is 28.9. The van der Waals surface area contributed by atoms with Crippen molar-refractivity contribution in [2.24, 2.45) is 0 Å². The maximum absolute atomic E-state index is 15.3. The largest absolute Gasteiger partial charge is 0.433 e. The van der Waals surface area contributed by atoms with Crippen molar-refractivity contribution in [3.8, 4) is 27.9 Å². The second kappa shape index (κ2) is 11.5. The second-order valence-electron chi connectivity index (χ2n) is 9.31. The van der Waals surface area contributed by atoms with Gasteiger partial charge >= 0.3 is 12.7 Å². The summed E-state index contributed by atoms with van der Waals surface area (Å²) in [5.41, 5.74) is 0.668. The molecule has 0 N–H and O–H groups in total. The standard InChI is InChI=1S/C26H16ClF6N11/c27-18-2-4-20(44-13-36-39-41-44)23(24(18)28)15-1-3-19(35-9-15)21(8-17-12-43(25(29)30)40-38-17)42-11-16(10-37-42)14-5-6-34-22(7-14)26(31,32)33/h1-7,9-13,21,25H,8H2/t21-/m0/s1. The van der Waals surface area contributed by atoms with Crippen molar-refractivity contribution in [2.45, 2.75) is 25.2 Å². The molecule has 5 aromatic heterocycles. The Kier molecular flexibility index (Phi) is 7.54. The van der Waals surface area contributed by atoms with Gasteiger partial charge in [-0.1, -0.05) is 22.9 Å². The minimum absolute atomic E-state index is 0.0221. The summed E-state index contributed by atoms with van der Waals surface area (Å²) in [6, 6.07) is 7.53. The molecule has 0 saturated carbocycles. The highest BCUT2D eigenvalue weighted by molar-refractivity contribution is 6.31. The second-order valence-corrected chi connectivity index (χ2v) is 9.71. The van der Waals surface area contributed by atoms with E-state index < -0.39 is 30.3 Å². The minimum Gasteiger partial charge on any atom is -0.263 e. The molecule has 0 aliphatic carbocycles. The first-order chi connectivity index (χ1) is 21.1. The van der Waals surface area contributed by atoms with Crippen LogP contribution in [-0.2, 0) is 12.6 Å². The summed E-state index contributed by atoms with van der Waals surface area (Å²) in [7, 11) is 0. The molecule has 1 atom stereocenters. The number of halogens is 7. The molecule has 0 aliphatic heterocycles. The number of rotatable bonds is 8. The van der Waals surface area contributed by atoms with Crippen LogP contribution in [0.5, 0.6) is 0 Å². The summed E-state index contributed by atoms with van der Waals surface area (Å²) in [4.78, 5) is 7.87. The molecule has 0 spiro atoms. The summed E-state index contributed by atoms with van der Waals surface area (Å²) in [6.45, 7) is -2.92. The van der Waals surface area contributed by atoms with Gasteiger partial charge in [0.2, 0.25) is 0 Å². The fourth-order valence-electron chi connectivity index (χ4n) is 4.48. The number of benzene rings is 1. The predicted molar refractivity (Wildman–Crippen MR) is 141 cm³/mol. The topological polar surface area (TPSA) is 118 Å². The van der Waals surface area contributed by atoms with E-state index in [0.29, 0.717) is 27.2 Å². The van der Waals surface area contributed by atoms with Crippen molar-refractivity contribution in [3.63, 3.8) is 0 Å². The zero-order chi connectivity index (χ0) is 31.0. The first-order valence-electron chi connectivity index (χ1n) is 12.5. The van der Waals surface area contributed by atoms with Crippen LogP contribution < -0.4 is 0 Å². The quantitative estimate of drug-likeness (QED) is 0.199. The summed E-state index contributed by atoms with van der Waals surface area (Å²) >= 11 is 6.06. The van der Waals surface area contributed by atoms with Crippen LogP contribution in [0.4, 0.5) is 26.3 Å². The van der Waals surface area contributed by atoms with E-state index in [-0.39, 0.29) is 28.3 Å². The minimum atomic E-state index is -4.65. The Morgan fingerprint density at radius 3 is 2.41 bits per heavy atom. The molecule has 0 unspecified atom stereocenters. The Labute approximate surface area is 247 Å². The third-order valence-electron chi connectivity index (χ3n) is 6.55. The van der Waals surface area contributed by atoms with Crippen molar-refractivity contribution in [1.29, 1.82) is 0 Å². The molecule has 5 heterocycles. The molecule has 18 heteroatoms. The van der Waals surface area contributed by atoms with Crippen molar-refractivity contribution < 1.29 is 26.3 Å². The SMILES string of the molecule is Fc1c(Cl)ccc(-n2cnnn2)c1-c1ccc([C@H](Cc2cn(C(F)F)nn2)n2cc(-c3ccnc(C(F)(F)F)c3)cn2)nc1. The number of hydrogen-bond donors (Lipinski definition) is 0. The average Bonchev–Trinajstić information content (AvgIpc) is 3.80. The Morgan fingerprint density at radius 2 is 1.73 bits per heavy atom. The van der Waals surface area contributed by atoms with E-state index in [4.69, 9.17) is 11.6 Å². The van der Waals surface area contributed by atoms with Crippen molar-refractivity contribution in [1.82, 2.24) is 54.9 Å². The first-order valence-corrected chi connectivity index (χ1v) is 12.9. The monoisotopic (exact) mass is 631 g/mol. The van der Waals surface area contributed by atoms with E-state index >= 15 is 4.39 Å². The molecule has 0 radical (unpaired) electrons. The van der Waals surface area contributed by atoms with Crippen LogP contribution in [0.2, 0.25) is 5.02 Å². The summed E-state index contributed by atoms with van der Waals surface area (Å²) in [6.07, 6.45) is 2.93. The molecular weight excluding hydrogens is 616 g/mol. The molecule has 0 aliphatic rings. The summed E-state index contributed by atoms with van der Waals surface area (Å²) in [5, 5.41) is 22.4. The Hall–Kier alpha value is -5.19. The smallest absolute Gasteiger partial charge is 0.263 e. The Bertz CT molecular complexity index is 1900. The molecule has 0 bridgehead atoms. The average molecular weight is 632 g/mol. The van der Waals surface area contributed by atoms with Crippen LogP contribution >= 0.6 is 11.6 Å². The molecular formula is C26H16ClF6N11. The molecule has 1 aromatic carbocycles. The van der Waals surface area contributed by atoms with Crippen LogP contribution in [0.15, 0.2) is 73.7 Å². The molecule has 0 amide bonds. The van der Waals surface area contributed by atoms with Crippen LogP contribution in [0.3, 0.4) is 0 Å². The molecule has 6 aromatic rings. The van der Waals surface area contributed by atoms with Crippen LogP contribution in [0.25, 0.3) is 27.9 Å². The Morgan fingerprint density at radius 1 is 0.886 bits per heavy atom. The van der Waals surface area contributed by atoms with Gasteiger partial charge in [-0.25, -0.2) is 4.39 Å². The highest BCUT2D eigenvalue weighted by Crippen LogP contribution is 2.35. The van der Waals surface area contributed by atoms with Crippen molar-refractivity contribution in [3.05, 3.63) is 102 Å². The zero-order valence-corrected chi connectivity index (χ0v) is 22.6. The number of aromatic nitrogens is 11. The van der Waals surface area contributed by atoms with Crippen LogP contribution in [-0.4, -0.2) is 54.9 Å². The van der Waals surface area contributed by atoms with E-state index in [2.05, 4.69) is 40.9 Å². The maximum Gasteiger partial charge on any atom is 0.433 e. The van der Waals surface area contributed by atoms with Crippen LogP contribution in [0.1, 0.15) is 29.7 Å². The van der Waals surface area contributed by atoms with Gasteiger partial charge in [-0.2, -0.15) is 36.4 Å². The highest BCUT2D eigenvalue weighted by Gasteiger charge is 2.32. The van der Waals surface area contributed by atoms with Gasteiger partial charge in [-0.05, 0) is 46.3 Å². The lowest BCUT2D eigenvalue weighted by Gasteiger charge is -2.17. The Balaban J connectivity index is 1.39. The normalized spacial score (nSPS) is 12.6. The fraction of sp³-hybridized carbons (Fsp3) is 0.154. The lowest BCUT2D eigenvalue weighted by atomic mass is 10.0. The summed E-state index contributed by atoms with van der Waals surface area (Å²) < 4.78 is 84.4. The van der Waals surface area contributed by atoms with Crippen LogP contribution in [0, 0.1) is 5.82 Å². The number of alkyl halides is 5. The van der Waals surface area contributed by atoms with Gasteiger partial charge in [0.15, 0.2) is 5.82 Å². The number of nitrogens with zero attached hydrogens (tertiary/aromatic N) is 11. The van der Waals surface area contributed by atoms with E-state index in [1.807, 2.05) is 0 Å². The zero-order valence-electron chi connectivity index (χ0n) is 21.9. The molecule has 11 nitrogen and oxygen atoms in total. The lowest BCUT2D eigenvalue weighted by Crippen LogP contribution is -2.16. The van der Waals surface area contributed by atoms with Gasteiger partial charge in [0, 0.05) is 41.7 Å². The van der Waals surface area contributed by atoms with Gasteiger partial charge in [0.05, 0.1) is 40.5 Å². The van der Waals surface area contributed by atoms with Gasteiger partial charge in [-0.3, -0.25) is 14.6 Å². The van der Waals surface area contributed by atoms with E-state index in [1.54, 1.807) is 12.1 Å². The summed E-state index contributed by atoms with van der Waals surface area (Å²) in [5.74, 6) is -0.735. The molecule has 0 fully saturated rings. The molecule has 0 saturated heterocycles. The van der Waals surface area contributed by atoms with E-state index in [0.717, 1.165) is 18.5 Å². The number of pyridine rings is 2. The fourth-order valence-corrected chi connectivity index (χ4v) is 4.64. The third-order valence-corrected chi connectivity index (χ3v) is 6.84.